The van der Waals surface area contributed by atoms with Crippen LogP contribution in [0.2, 0.25) is 0 Å². The zero-order chi connectivity index (χ0) is 19.2. The molecule has 0 fully saturated rings. The molecule has 3 aromatic rings. The van der Waals surface area contributed by atoms with Crippen LogP contribution in [-0.4, -0.2) is 22.4 Å². The van der Waals surface area contributed by atoms with E-state index in [-0.39, 0.29) is 12.2 Å². The van der Waals surface area contributed by atoms with Crippen molar-refractivity contribution in [3.05, 3.63) is 76.4 Å². The summed E-state index contributed by atoms with van der Waals surface area (Å²) < 4.78 is 7.60. The second-order valence-electron chi connectivity index (χ2n) is 5.61. The largest absolute Gasteiger partial charge is 0.462 e. The maximum Gasteiger partial charge on any atom is 0.348 e. The lowest BCUT2D eigenvalue weighted by Crippen LogP contribution is -2.06. The first-order valence-corrected chi connectivity index (χ1v) is 9.11. The van der Waals surface area contributed by atoms with E-state index in [2.05, 4.69) is 21.0 Å². The summed E-state index contributed by atoms with van der Waals surface area (Å²) in [6, 6.07) is 19.2. The third kappa shape index (κ3) is 4.33. The van der Waals surface area contributed by atoms with Gasteiger partial charge in [-0.2, -0.15) is 10.4 Å². The number of benzene rings is 2. The number of ether oxygens (including phenoxy) is 1. The van der Waals surface area contributed by atoms with Gasteiger partial charge in [-0.25, -0.2) is 9.48 Å². The molecule has 2 aromatic carbocycles. The highest BCUT2D eigenvalue weighted by atomic mass is 79.9. The normalized spacial score (nSPS) is 11.1. The maximum atomic E-state index is 12.0. The maximum absolute atomic E-state index is 12.0. The summed E-state index contributed by atoms with van der Waals surface area (Å²) in [6.45, 7) is 1.91. The fourth-order valence-electron chi connectivity index (χ4n) is 2.57. The molecule has 5 nitrogen and oxygen atoms in total. The van der Waals surface area contributed by atoms with Gasteiger partial charge in [-0.05, 0) is 37.3 Å². The fraction of sp³-hybridized carbons (Fsp3) is 0.0952. The van der Waals surface area contributed by atoms with Gasteiger partial charge in [-0.1, -0.05) is 46.3 Å². The lowest BCUT2D eigenvalue weighted by molar-refractivity contribution is -0.137. The molecule has 27 heavy (non-hydrogen) atoms. The van der Waals surface area contributed by atoms with E-state index in [0.717, 1.165) is 15.7 Å². The second-order valence-corrected chi connectivity index (χ2v) is 6.53. The highest BCUT2D eigenvalue weighted by Crippen LogP contribution is 2.28. The van der Waals surface area contributed by atoms with Crippen LogP contribution in [0.4, 0.5) is 0 Å². The lowest BCUT2D eigenvalue weighted by atomic mass is 10.1. The van der Waals surface area contributed by atoms with Crippen LogP contribution >= 0.6 is 15.9 Å². The van der Waals surface area contributed by atoms with E-state index >= 15 is 0 Å². The van der Waals surface area contributed by atoms with Crippen LogP contribution in [-0.2, 0) is 9.53 Å². The van der Waals surface area contributed by atoms with Gasteiger partial charge in [-0.3, -0.25) is 0 Å². The molecule has 0 aliphatic rings. The number of esters is 1. The van der Waals surface area contributed by atoms with Gasteiger partial charge < -0.3 is 4.74 Å². The van der Waals surface area contributed by atoms with E-state index in [4.69, 9.17) is 4.74 Å². The number of nitrogens with zero attached hydrogens (tertiary/aromatic N) is 3. The molecule has 0 saturated heterocycles. The monoisotopic (exact) mass is 421 g/mol. The quantitative estimate of drug-likeness (QED) is 0.338. The Labute approximate surface area is 165 Å². The zero-order valence-electron chi connectivity index (χ0n) is 14.6. The number of nitriles is 1. The molecule has 6 heteroatoms. The number of carbonyl (C=O) groups excluding carboxylic acids is 1. The van der Waals surface area contributed by atoms with Crippen LogP contribution in [0.5, 0.6) is 0 Å². The molecule has 0 atom stereocenters. The Balaban J connectivity index is 2.15. The van der Waals surface area contributed by atoms with Gasteiger partial charge in [0.25, 0.3) is 0 Å². The first-order valence-electron chi connectivity index (χ1n) is 8.32. The van der Waals surface area contributed by atoms with Crippen LogP contribution in [0.15, 0.2) is 70.8 Å². The van der Waals surface area contributed by atoms with Crippen LogP contribution in [0, 0.1) is 11.3 Å². The molecule has 0 spiro atoms. The Morgan fingerprint density at radius 1 is 1.26 bits per heavy atom. The topological polar surface area (TPSA) is 67.9 Å². The van der Waals surface area contributed by atoms with Crippen LogP contribution in [0.1, 0.15) is 12.5 Å². The van der Waals surface area contributed by atoms with Crippen LogP contribution < -0.4 is 0 Å². The number of halogens is 1. The average Bonchev–Trinajstić information content (AvgIpc) is 3.11. The lowest BCUT2D eigenvalue weighted by Gasteiger charge is -2.02. The van der Waals surface area contributed by atoms with Gasteiger partial charge in [-0.15, -0.1) is 0 Å². The summed E-state index contributed by atoms with van der Waals surface area (Å²) in [5.41, 5.74) is 2.99. The molecular formula is C21H16BrN3O2. The van der Waals surface area contributed by atoms with E-state index in [0.29, 0.717) is 11.3 Å². The molecule has 0 N–H and O–H groups in total. The summed E-state index contributed by atoms with van der Waals surface area (Å²) in [7, 11) is 0. The van der Waals surface area contributed by atoms with E-state index in [1.54, 1.807) is 17.8 Å². The predicted octanol–water partition coefficient (Wildman–Crippen LogP) is 4.77. The summed E-state index contributed by atoms with van der Waals surface area (Å²) in [6.07, 6.45) is 3.31. The molecule has 0 aliphatic carbocycles. The highest BCUT2D eigenvalue weighted by Gasteiger charge is 2.15. The molecule has 0 unspecified atom stereocenters. The molecule has 1 heterocycles. The highest BCUT2D eigenvalue weighted by molar-refractivity contribution is 9.10. The molecule has 0 bridgehead atoms. The standard InChI is InChI=1S/C21H16BrN3O2/c1-2-27-21(26)16(13-23)11-17-14-25(19-9-4-3-5-10-19)24-20(17)15-7-6-8-18(22)12-15/h3-12,14H,2H2,1H3/b16-11-. The Bertz CT molecular complexity index is 1030. The Morgan fingerprint density at radius 2 is 2.04 bits per heavy atom. The minimum absolute atomic E-state index is 0.0688. The molecule has 0 saturated carbocycles. The van der Waals surface area contributed by atoms with Gasteiger partial charge in [0.1, 0.15) is 17.3 Å². The fourth-order valence-corrected chi connectivity index (χ4v) is 2.97. The van der Waals surface area contributed by atoms with Gasteiger partial charge in [0.2, 0.25) is 0 Å². The Morgan fingerprint density at radius 3 is 2.70 bits per heavy atom. The van der Waals surface area contributed by atoms with E-state index in [1.807, 2.05) is 60.7 Å². The number of carbonyl (C=O) groups is 1. The van der Waals surface area contributed by atoms with Crippen molar-refractivity contribution in [1.82, 2.24) is 9.78 Å². The SMILES string of the molecule is CCOC(=O)/C(C#N)=C\c1cn(-c2ccccc2)nc1-c1cccc(Br)c1. The Hall–Kier alpha value is -3.17. The number of para-hydroxylation sites is 1. The molecule has 0 radical (unpaired) electrons. The van der Waals surface area contributed by atoms with Gasteiger partial charge in [0.15, 0.2) is 0 Å². The summed E-state index contributed by atoms with van der Waals surface area (Å²) in [5, 5.41) is 14.0. The van der Waals surface area contributed by atoms with Crippen LogP contribution in [0.3, 0.4) is 0 Å². The Kier molecular flexibility index (Phi) is 5.84. The van der Waals surface area contributed by atoms with Gasteiger partial charge in [0.05, 0.1) is 12.3 Å². The molecule has 0 aliphatic heterocycles. The molecule has 0 amide bonds. The van der Waals surface area contributed by atoms with E-state index < -0.39 is 5.97 Å². The van der Waals surface area contributed by atoms with Crippen molar-refractivity contribution in [2.24, 2.45) is 0 Å². The molecule has 1 aromatic heterocycles. The van der Waals surface area contributed by atoms with Crippen molar-refractivity contribution in [3.8, 4) is 23.0 Å². The van der Waals surface area contributed by atoms with Gasteiger partial charge >= 0.3 is 5.97 Å². The predicted molar refractivity (Wildman–Crippen MR) is 107 cm³/mol. The van der Waals surface area contributed by atoms with Crippen molar-refractivity contribution in [1.29, 1.82) is 5.26 Å². The third-order valence-electron chi connectivity index (χ3n) is 3.78. The summed E-state index contributed by atoms with van der Waals surface area (Å²) in [5.74, 6) is -0.646. The van der Waals surface area contributed by atoms with Crippen molar-refractivity contribution in [2.45, 2.75) is 6.92 Å². The van der Waals surface area contributed by atoms with Crippen molar-refractivity contribution in [2.75, 3.05) is 6.61 Å². The number of aromatic nitrogens is 2. The smallest absolute Gasteiger partial charge is 0.348 e. The summed E-state index contributed by atoms with van der Waals surface area (Å²) >= 11 is 3.47. The molecular weight excluding hydrogens is 406 g/mol. The summed E-state index contributed by atoms with van der Waals surface area (Å²) in [4.78, 5) is 12.0. The number of rotatable bonds is 5. The van der Waals surface area contributed by atoms with Crippen molar-refractivity contribution in [3.63, 3.8) is 0 Å². The first kappa shape index (κ1) is 18.6. The van der Waals surface area contributed by atoms with E-state index in [1.165, 1.54) is 6.08 Å². The second kappa shape index (κ2) is 8.47. The number of hydrogen-bond donors (Lipinski definition) is 0. The van der Waals surface area contributed by atoms with Crippen molar-refractivity contribution < 1.29 is 9.53 Å². The molecule has 3 rings (SSSR count). The minimum atomic E-state index is -0.646. The van der Waals surface area contributed by atoms with Gasteiger partial charge in [0, 0.05) is 21.8 Å². The third-order valence-corrected chi connectivity index (χ3v) is 4.27. The zero-order valence-corrected chi connectivity index (χ0v) is 16.2. The molecule has 134 valence electrons. The van der Waals surface area contributed by atoms with E-state index in [9.17, 15) is 10.1 Å². The number of hydrogen-bond acceptors (Lipinski definition) is 4. The van der Waals surface area contributed by atoms with Crippen LogP contribution in [0.25, 0.3) is 23.0 Å². The average molecular weight is 422 g/mol. The minimum Gasteiger partial charge on any atom is -0.462 e. The first-order chi connectivity index (χ1) is 13.1. The van der Waals surface area contributed by atoms with Crippen molar-refractivity contribution >= 4 is 28.0 Å².